The lowest BCUT2D eigenvalue weighted by Crippen LogP contribution is -2.52. The largest absolute Gasteiger partial charge is 0.444 e. The Morgan fingerprint density at radius 2 is 1.92 bits per heavy atom. The minimum absolute atomic E-state index is 0.0452. The van der Waals surface area contributed by atoms with Gasteiger partial charge in [0.25, 0.3) is 0 Å². The Balaban J connectivity index is 1.79. The smallest absolute Gasteiger partial charge is 0.407 e. The van der Waals surface area contributed by atoms with Gasteiger partial charge in [-0.15, -0.1) is 11.3 Å². The van der Waals surface area contributed by atoms with Gasteiger partial charge < -0.3 is 15.4 Å². The standard InChI is InChI=1S/C18H28N2O3S/c1-11-7-8-14(24-11)12-9-13(12)15(21)20-18(5,6)10-19-16(22)23-17(2,3)4/h7-8,12-13H,9-10H2,1-6H3,(H,19,22)(H,20,21). The van der Waals surface area contributed by atoms with Crippen molar-refractivity contribution in [2.75, 3.05) is 6.54 Å². The molecule has 134 valence electrons. The van der Waals surface area contributed by atoms with E-state index in [4.69, 9.17) is 4.74 Å². The molecule has 5 nitrogen and oxygen atoms in total. The molecule has 0 spiro atoms. The molecule has 0 radical (unpaired) electrons. The Kier molecular flexibility index (Phi) is 5.28. The monoisotopic (exact) mass is 352 g/mol. The molecule has 1 heterocycles. The number of thiophene rings is 1. The normalized spacial score (nSPS) is 20.4. The fourth-order valence-electron chi connectivity index (χ4n) is 2.53. The van der Waals surface area contributed by atoms with Crippen molar-refractivity contribution in [3.8, 4) is 0 Å². The molecule has 1 aromatic rings. The van der Waals surface area contributed by atoms with Gasteiger partial charge in [0.05, 0.1) is 5.54 Å². The highest BCUT2D eigenvalue weighted by Gasteiger charge is 2.45. The number of aryl methyl sites for hydroxylation is 1. The summed E-state index contributed by atoms with van der Waals surface area (Å²) in [5, 5.41) is 5.75. The third-order valence-corrected chi connectivity index (χ3v) is 4.92. The van der Waals surface area contributed by atoms with E-state index in [-0.39, 0.29) is 11.8 Å². The van der Waals surface area contributed by atoms with Crippen LogP contribution in [-0.4, -0.2) is 29.7 Å². The summed E-state index contributed by atoms with van der Waals surface area (Å²) in [6, 6.07) is 4.22. The van der Waals surface area contributed by atoms with Gasteiger partial charge in [-0.25, -0.2) is 4.79 Å². The Labute approximate surface area is 148 Å². The molecule has 0 aliphatic heterocycles. The molecule has 1 saturated carbocycles. The van der Waals surface area contributed by atoms with Crippen LogP contribution in [0.15, 0.2) is 12.1 Å². The van der Waals surface area contributed by atoms with E-state index in [9.17, 15) is 9.59 Å². The van der Waals surface area contributed by atoms with E-state index in [0.29, 0.717) is 12.5 Å². The first-order chi connectivity index (χ1) is 11.0. The molecule has 1 aliphatic rings. The molecular weight excluding hydrogens is 324 g/mol. The van der Waals surface area contributed by atoms with Gasteiger partial charge in [0.15, 0.2) is 0 Å². The second-order valence-electron chi connectivity index (χ2n) is 8.13. The SMILES string of the molecule is Cc1ccc(C2CC2C(=O)NC(C)(C)CNC(=O)OC(C)(C)C)s1. The molecule has 0 aromatic carbocycles. The summed E-state index contributed by atoms with van der Waals surface area (Å²) in [4.78, 5) is 26.7. The van der Waals surface area contributed by atoms with Gasteiger partial charge in [0, 0.05) is 28.1 Å². The number of alkyl carbamates (subject to hydrolysis) is 1. The van der Waals surface area contributed by atoms with Crippen molar-refractivity contribution in [3.05, 3.63) is 21.9 Å². The molecule has 2 unspecified atom stereocenters. The summed E-state index contributed by atoms with van der Waals surface area (Å²) in [5.41, 5.74) is -1.05. The summed E-state index contributed by atoms with van der Waals surface area (Å²) >= 11 is 1.76. The molecule has 2 amide bonds. The third kappa shape index (κ3) is 5.51. The van der Waals surface area contributed by atoms with Crippen molar-refractivity contribution >= 4 is 23.3 Å². The molecule has 1 aromatic heterocycles. The van der Waals surface area contributed by atoms with Gasteiger partial charge >= 0.3 is 6.09 Å². The van der Waals surface area contributed by atoms with Gasteiger partial charge in [-0.1, -0.05) is 0 Å². The number of ether oxygens (including phenoxy) is 1. The van der Waals surface area contributed by atoms with Crippen LogP contribution < -0.4 is 10.6 Å². The van der Waals surface area contributed by atoms with Crippen LogP contribution in [0.4, 0.5) is 4.79 Å². The van der Waals surface area contributed by atoms with Crippen molar-refractivity contribution in [2.45, 2.75) is 65.0 Å². The predicted molar refractivity (Wildman–Crippen MR) is 96.4 cm³/mol. The predicted octanol–water partition coefficient (Wildman–Crippen LogP) is 3.58. The van der Waals surface area contributed by atoms with E-state index in [1.165, 1.54) is 9.75 Å². The fraction of sp³-hybridized carbons (Fsp3) is 0.667. The molecule has 24 heavy (non-hydrogen) atoms. The zero-order valence-electron chi connectivity index (χ0n) is 15.4. The Morgan fingerprint density at radius 3 is 2.46 bits per heavy atom. The first-order valence-corrected chi connectivity index (χ1v) is 9.14. The maximum Gasteiger partial charge on any atom is 0.407 e. The van der Waals surface area contributed by atoms with Crippen molar-refractivity contribution in [2.24, 2.45) is 5.92 Å². The molecule has 2 N–H and O–H groups in total. The lowest BCUT2D eigenvalue weighted by atomic mass is 10.1. The van der Waals surface area contributed by atoms with Gasteiger partial charge in [-0.05, 0) is 60.1 Å². The summed E-state index contributed by atoms with van der Waals surface area (Å²) in [7, 11) is 0. The third-order valence-electron chi connectivity index (χ3n) is 3.79. The van der Waals surface area contributed by atoms with E-state index in [1.807, 2.05) is 34.6 Å². The molecular formula is C18H28N2O3S. The van der Waals surface area contributed by atoms with Crippen molar-refractivity contribution in [1.29, 1.82) is 0 Å². The van der Waals surface area contributed by atoms with Crippen LogP contribution in [-0.2, 0) is 9.53 Å². The average molecular weight is 353 g/mol. The van der Waals surface area contributed by atoms with Crippen LogP contribution in [0.2, 0.25) is 0 Å². The van der Waals surface area contributed by atoms with Crippen LogP contribution in [0, 0.1) is 12.8 Å². The molecule has 0 saturated heterocycles. The number of nitrogens with one attached hydrogen (secondary N) is 2. The highest BCUT2D eigenvalue weighted by molar-refractivity contribution is 7.12. The lowest BCUT2D eigenvalue weighted by molar-refractivity contribution is -0.124. The van der Waals surface area contributed by atoms with Crippen LogP contribution in [0.3, 0.4) is 0 Å². The second kappa shape index (κ2) is 6.75. The average Bonchev–Trinajstić information content (AvgIpc) is 3.10. The van der Waals surface area contributed by atoms with E-state index < -0.39 is 17.2 Å². The van der Waals surface area contributed by atoms with Gasteiger partial charge in [-0.2, -0.15) is 0 Å². The fourth-order valence-corrected chi connectivity index (χ4v) is 3.59. The van der Waals surface area contributed by atoms with E-state index >= 15 is 0 Å². The summed E-state index contributed by atoms with van der Waals surface area (Å²) in [6.07, 6.45) is 0.435. The zero-order chi connectivity index (χ0) is 18.1. The maximum absolute atomic E-state index is 12.4. The Bertz CT molecular complexity index is 616. The highest BCUT2D eigenvalue weighted by atomic mass is 32.1. The second-order valence-corrected chi connectivity index (χ2v) is 9.45. The van der Waals surface area contributed by atoms with E-state index in [0.717, 1.165) is 6.42 Å². The van der Waals surface area contributed by atoms with Gasteiger partial charge in [0.1, 0.15) is 5.60 Å². The maximum atomic E-state index is 12.4. The van der Waals surface area contributed by atoms with E-state index in [2.05, 4.69) is 29.7 Å². The molecule has 1 fully saturated rings. The van der Waals surface area contributed by atoms with Crippen molar-refractivity contribution in [1.82, 2.24) is 10.6 Å². The van der Waals surface area contributed by atoms with Crippen LogP contribution in [0.5, 0.6) is 0 Å². The van der Waals surface area contributed by atoms with E-state index in [1.54, 1.807) is 11.3 Å². The number of carbonyl (C=O) groups excluding carboxylic acids is 2. The number of carbonyl (C=O) groups is 2. The van der Waals surface area contributed by atoms with Crippen LogP contribution in [0.1, 0.15) is 56.7 Å². The minimum atomic E-state index is -0.530. The first kappa shape index (κ1) is 18.8. The zero-order valence-corrected chi connectivity index (χ0v) is 16.2. The lowest BCUT2D eigenvalue weighted by Gasteiger charge is -2.28. The number of amides is 2. The minimum Gasteiger partial charge on any atom is -0.444 e. The van der Waals surface area contributed by atoms with Gasteiger partial charge in [0.2, 0.25) is 5.91 Å². The number of hydrogen-bond acceptors (Lipinski definition) is 4. The summed E-state index contributed by atoms with van der Waals surface area (Å²) < 4.78 is 5.21. The van der Waals surface area contributed by atoms with Crippen molar-refractivity contribution < 1.29 is 14.3 Å². The molecule has 2 atom stereocenters. The molecule has 1 aliphatic carbocycles. The first-order valence-electron chi connectivity index (χ1n) is 8.32. The topological polar surface area (TPSA) is 67.4 Å². The molecule has 6 heteroatoms. The molecule has 0 bridgehead atoms. The van der Waals surface area contributed by atoms with Crippen LogP contribution >= 0.6 is 11.3 Å². The number of hydrogen-bond donors (Lipinski definition) is 2. The Morgan fingerprint density at radius 1 is 1.25 bits per heavy atom. The Hall–Kier alpha value is -1.56. The van der Waals surface area contributed by atoms with Crippen LogP contribution in [0.25, 0.3) is 0 Å². The summed E-state index contributed by atoms with van der Waals surface area (Å²) in [6.45, 7) is 11.7. The summed E-state index contributed by atoms with van der Waals surface area (Å²) in [5.74, 6) is 0.448. The highest BCUT2D eigenvalue weighted by Crippen LogP contribution is 2.49. The quantitative estimate of drug-likeness (QED) is 0.851. The van der Waals surface area contributed by atoms with Gasteiger partial charge in [-0.3, -0.25) is 4.79 Å². The molecule has 2 rings (SSSR count). The number of rotatable bonds is 5. The van der Waals surface area contributed by atoms with Crippen molar-refractivity contribution in [3.63, 3.8) is 0 Å².